The smallest absolute Gasteiger partial charge is 0.223 e. The molecule has 0 saturated heterocycles. The van der Waals surface area contributed by atoms with Crippen LogP contribution in [-0.4, -0.2) is 10.1 Å². The molecule has 0 radical (unpaired) electrons. The van der Waals surface area contributed by atoms with Crippen molar-refractivity contribution in [3.63, 3.8) is 0 Å². The number of nitrogens with one attached hydrogen (secondary N) is 1. The Balaban J connectivity index is 1.96. The van der Waals surface area contributed by atoms with Crippen molar-refractivity contribution >= 4 is 0 Å². The van der Waals surface area contributed by atoms with Gasteiger partial charge in [0, 0.05) is 19.0 Å². The summed E-state index contributed by atoms with van der Waals surface area (Å²) in [5.41, 5.74) is 1.11. The van der Waals surface area contributed by atoms with E-state index >= 15 is 0 Å². The maximum absolute atomic E-state index is 5.00. The fraction of sp³-hybridized carbons (Fsp3) is 0.455. The number of aryl methyl sites for hydroxylation is 1. The van der Waals surface area contributed by atoms with Crippen molar-refractivity contribution in [2.45, 2.75) is 32.9 Å². The zero-order valence-electron chi connectivity index (χ0n) is 9.43. The molecule has 0 aliphatic carbocycles. The van der Waals surface area contributed by atoms with Gasteiger partial charge in [-0.3, -0.25) is 0 Å². The van der Waals surface area contributed by atoms with Crippen molar-refractivity contribution in [3.8, 4) is 0 Å². The van der Waals surface area contributed by atoms with E-state index in [1.54, 1.807) is 19.5 Å². The van der Waals surface area contributed by atoms with Crippen LogP contribution in [-0.2, 0) is 6.54 Å². The summed E-state index contributed by atoms with van der Waals surface area (Å²) in [6.45, 7) is 4.61. The molecular formula is C11H15N3O2. The highest BCUT2D eigenvalue weighted by atomic mass is 16.5. The van der Waals surface area contributed by atoms with Gasteiger partial charge in [-0.2, -0.15) is 4.98 Å². The second-order valence-electron chi connectivity index (χ2n) is 3.64. The fourth-order valence-corrected chi connectivity index (χ4v) is 1.51. The first kappa shape index (κ1) is 10.9. The molecule has 1 N–H and O–H groups in total. The van der Waals surface area contributed by atoms with Crippen molar-refractivity contribution in [2.75, 3.05) is 0 Å². The lowest BCUT2D eigenvalue weighted by molar-refractivity contribution is 0.374. The summed E-state index contributed by atoms with van der Waals surface area (Å²) in [6.07, 6.45) is 4.30. The summed E-state index contributed by atoms with van der Waals surface area (Å²) in [7, 11) is 0. The van der Waals surface area contributed by atoms with Crippen LogP contribution in [0, 0.1) is 6.92 Å². The van der Waals surface area contributed by atoms with Crippen molar-refractivity contribution in [3.05, 3.63) is 35.9 Å². The maximum Gasteiger partial charge on any atom is 0.223 e. The number of nitrogens with zero attached hydrogens (tertiary/aromatic N) is 2. The van der Waals surface area contributed by atoms with E-state index in [1.807, 2.05) is 6.07 Å². The number of rotatable bonds is 5. The van der Waals surface area contributed by atoms with E-state index in [9.17, 15) is 0 Å². The van der Waals surface area contributed by atoms with Crippen LogP contribution in [0.15, 0.2) is 27.5 Å². The minimum Gasteiger partial charge on any atom is -0.472 e. The average molecular weight is 221 g/mol. The molecule has 16 heavy (non-hydrogen) atoms. The molecule has 5 heteroatoms. The Morgan fingerprint density at radius 1 is 1.50 bits per heavy atom. The van der Waals surface area contributed by atoms with Crippen LogP contribution in [0.25, 0.3) is 0 Å². The predicted octanol–water partition coefficient (Wildman–Crippen LogP) is 2.21. The second-order valence-corrected chi connectivity index (χ2v) is 3.64. The summed E-state index contributed by atoms with van der Waals surface area (Å²) < 4.78 is 9.97. The van der Waals surface area contributed by atoms with E-state index in [4.69, 9.17) is 8.94 Å². The van der Waals surface area contributed by atoms with Gasteiger partial charge in [0.25, 0.3) is 0 Å². The van der Waals surface area contributed by atoms with Gasteiger partial charge in [0.2, 0.25) is 5.89 Å². The predicted molar refractivity (Wildman–Crippen MR) is 57.6 cm³/mol. The molecular weight excluding hydrogens is 206 g/mol. The van der Waals surface area contributed by atoms with E-state index in [1.165, 1.54) is 0 Å². The third kappa shape index (κ3) is 2.49. The quantitative estimate of drug-likeness (QED) is 0.838. The van der Waals surface area contributed by atoms with Gasteiger partial charge in [0.15, 0.2) is 5.82 Å². The topological polar surface area (TPSA) is 64.1 Å². The fourth-order valence-electron chi connectivity index (χ4n) is 1.51. The molecule has 5 nitrogen and oxygen atoms in total. The molecule has 0 amide bonds. The van der Waals surface area contributed by atoms with Crippen LogP contribution in [0.3, 0.4) is 0 Å². The van der Waals surface area contributed by atoms with E-state index in [0.717, 1.165) is 18.5 Å². The van der Waals surface area contributed by atoms with E-state index in [-0.39, 0.29) is 6.04 Å². The summed E-state index contributed by atoms with van der Waals surface area (Å²) >= 11 is 0. The van der Waals surface area contributed by atoms with Gasteiger partial charge in [-0.15, -0.1) is 0 Å². The molecule has 0 bridgehead atoms. The molecule has 86 valence electrons. The summed E-state index contributed by atoms with van der Waals surface area (Å²) in [5, 5.41) is 7.27. The number of furan rings is 1. The second kappa shape index (κ2) is 4.94. The molecule has 1 atom stereocenters. The van der Waals surface area contributed by atoms with Gasteiger partial charge < -0.3 is 14.3 Å². The lowest BCUT2D eigenvalue weighted by Crippen LogP contribution is -2.21. The van der Waals surface area contributed by atoms with Gasteiger partial charge in [-0.05, 0) is 12.5 Å². The average Bonchev–Trinajstić information content (AvgIpc) is 2.91. The van der Waals surface area contributed by atoms with Crippen LogP contribution in [0.4, 0.5) is 0 Å². The molecule has 2 aromatic heterocycles. The molecule has 2 heterocycles. The number of aromatic nitrogens is 2. The first-order chi connectivity index (χ1) is 7.79. The normalized spacial score (nSPS) is 12.9. The molecule has 0 aliphatic rings. The highest BCUT2D eigenvalue weighted by Gasteiger charge is 2.14. The van der Waals surface area contributed by atoms with Crippen molar-refractivity contribution in [1.29, 1.82) is 0 Å². The van der Waals surface area contributed by atoms with Crippen molar-refractivity contribution in [2.24, 2.45) is 0 Å². The lowest BCUT2D eigenvalue weighted by atomic mass is 10.2. The van der Waals surface area contributed by atoms with E-state index < -0.39 is 0 Å². The van der Waals surface area contributed by atoms with Gasteiger partial charge in [0.05, 0.1) is 18.6 Å². The molecule has 0 aliphatic heterocycles. The Morgan fingerprint density at radius 3 is 2.94 bits per heavy atom. The number of hydrogen-bond acceptors (Lipinski definition) is 5. The maximum atomic E-state index is 5.00. The molecule has 0 aromatic carbocycles. The van der Waals surface area contributed by atoms with Crippen LogP contribution < -0.4 is 5.32 Å². The van der Waals surface area contributed by atoms with Gasteiger partial charge in [-0.1, -0.05) is 12.1 Å². The molecule has 0 saturated carbocycles. The molecule has 2 aromatic rings. The Morgan fingerprint density at radius 2 is 2.38 bits per heavy atom. The van der Waals surface area contributed by atoms with E-state index in [2.05, 4.69) is 22.4 Å². The zero-order chi connectivity index (χ0) is 11.4. The molecule has 2 rings (SSSR count). The van der Waals surface area contributed by atoms with Crippen LogP contribution >= 0.6 is 0 Å². The third-order valence-electron chi connectivity index (χ3n) is 2.40. The van der Waals surface area contributed by atoms with Crippen LogP contribution in [0.5, 0.6) is 0 Å². The van der Waals surface area contributed by atoms with E-state index in [0.29, 0.717) is 11.7 Å². The Hall–Kier alpha value is -1.62. The zero-order valence-corrected chi connectivity index (χ0v) is 9.43. The summed E-state index contributed by atoms with van der Waals surface area (Å²) in [5.74, 6) is 1.31. The molecule has 0 spiro atoms. The van der Waals surface area contributed by atoms with Gasteiger partial charge >= 0.3 is 0 Å². The highest BCUT2D eigenvalue weighted by molar-refractivity contribution is 5.05. The first-order valence-corrected chi connectivity index (χ1v) is 5.34. The Kier molecular flexibility index (Phi) is 3.36. The van der Waals surface area contributed by atoms with Gasteiger partial charge in [-0.25, -0.2) is 0 Å². The third-order valence-corrected chi connectivity index (χ3v) is 2.40. The van der Waals surface area contributed by atoms with Gasteiger partial charge in [0.1, 0.15) is 0 Å². The van der Waals surface area contributed by atoms with Crippen LogP contribution in [0.1, 0.15) is 36.7 Å². The minimum absolute atomic E-state index is 0.118. The minimum atomic E-state index is 0.118. The number of hydrogen-bond donors (Lipinski definition) is 1. The molecule has 1 unspecified atom stereocenters. The lowest BCUT2D eigenvalue weighted by Gasteiger charge is -2.11. The Labute approximate surface area is 93.8 Å². The highest BCUT2D eigenvalue weighted by Crippen LogP contribution is 2.13. The van der Waals surface area contributed by atoms with Crippen molar-refractivity contribution < 1.29 is 8.94 Å². The first-order valence-electron chi connectivity index (χ1n) is 5.34. The largest absolute Gasteiger partial charge is 0.472 e. The SMILES string of the molecule is CCC(NCc1ccoc1)c1noc(C)n1. The summed E-state index contributed by atoms with van der Waals surface area (Å²) in [6, 6.07) is 2.05. The standard InChI is InChI=1S/C11H15N3O2/c1-3-10(11-13-8(2)16-14-11)12-6-9-4-5-15-7-9/h4-5,7,10,12H,3,6H2,1-2H3. The van der Waals surface area contributed by atoms with Crippen molar-refractivity contribution in [1.82, 2.24) is 15.5 Å². The van der Waals surface area contributed by atoms with Crippen LogP contribution in [0.2, 0.25) is 0 Å². The summed E-state index contributed by atoms with van der Waals surface area (Å²) in [4.78, 5) is 4.22. The molecule has 0 fully saturated rings. The monoisotopic (exact) mass is 221 g/mol. The Bertz CT molecular complexity index is 422.